The Morgan fingerprint density at radius 1 is 1.12 bits per heavy atom. The molecule has 0 fully saturated rings. The van der Waals surface area contributed by atoms with Gasteiger partial charge in [-0.1, -0.05) is 53.8 Å². The van der Waals surface area contributed by atoms with E-state index in [0.717, 1.165) is 26.6 Å². The van der Waals surface area contributed by atoms with Crippen molar-refractivity contribution in [1.29, 1.82) is 0 Å². The zero-order chi connectivity index (χ0) is 18.1. The van der Waals surface area contributed by atoms with Crippen molar-refractivity contribution < 1.29 is 9.18 Å². The Morgan fingerprint density at radius 3 is 2.77 bits per heavy atom. The quantitative estimate of drug-likeness (QED) is 0.519. The van der Waals surface area contributed by atoms with Crippen LogP contribution in [0.4, 0.5) is 4.39 Å². The maximum atomic E-state index is 13.5. The molecule has 0 N–H and O–H groups in total. The predicted molar refractivity (Wildman–Crippen MR) is 104 cm³/mol. The van der Waals surface area contributed by atoms with Crippen LogP contribution in [0.5, 0.6) is 0 Å². The van der Waals surface area contributed by atoms with Gasteiger partial charge in [0.2, 0.25) is 0 Å². The van der Waals surface area contributed by atoms with Crippen molar-refractivity contribution in [1.82, 2.24) is 4.57 Å². The molecule has 5 heteroatoms. The Kier molecular flexibility index (Phi) is 4.39. The number of rotatable bonds is 3. The largest absolute Gasteiger partial charge is 0.317 e. The number of amides is 1. The molecule has 0 atom stereocenters. The van der Waals surface area contributed by atoms with Crippen molar-refractivity contribution in [3.8, 4) is 0 Å². The molecule has 4 aromatic rings. The molecule has 1 aromatic heterocycles. The highest BCUT2D eigenvalue weighted by Crippen LogP contribution is 2.20. The summed E-state index contributed by atoms with van der Waals surface area (Å²) in [5, 5.41) is 2.18. The predicted octanol–water partition coefficient (Wildman–Crippen LogP) is 4.69. The molecular formula is C21H17FN2OS. The molecule has 1 amide bonds. The fourth-order valence-electron chi connectivity index (χ4n) is 3.19. The molecule has 0 spiro atoms. The molecule has 1 heterocycles. The van der Waals surface area contributed by atoms with Crippen LogP contribution < -0.4 is 4.80 Å². The first-order valence-electron chi connectivity index (χ1n) is 8.49. The van der Waals surface area contributed by atoms with Crippen molar-refractivity contribution in [3.05, 3.63) is 76.8 Å². The molecule has 0 saturated heterocycles. The van der Waals surface area contributed by atoms with Gasteiger partial charge in [-0.2, -0.15) is 4.99 Å². The van der Waals surface area contributed by atoms with Gasteiger partial charge in [0.25, 0.3) is 5.91 Å². The minimum atomic E-state index is -0.282. The van der Waals surface area contributed by atoms with Gasteiger partial charge < -0.3 is 4.57 Å². The molecule has 0 bridgehead atoms. The first-order valence-corrected chi connectivity index (χ1v) is 9.30. The number of hydrogen-bond acceptors (Lipinski definition) is 2. The van der Waals surface area contributed by atoms with Gasteiger partial charge in [-0.05, 0) is 41.5 Å². The van der Waals surface area contributed by atoms with Gasteiger partial charge in [-0.15, -0.1) is 0 Å². The Labute approximate surface area is 154 Å². The first kappa shape index (κ1) is 16.7. The molecular weight excluding hydrogens is 347 g/mol. The molecule has 26 heavy (non-hydrogen) atoms. The van der Waals surface area contributed by atoms with E-state index in [-0.39, 0.29) is 18.1 Å². The van der Waals surface area contributed by atoms with E-state index in [9.17, 15) is 9.18 Å². The first-order chi connectivity index (χ1) is 12.7. The van der Waals surface area contributed by atoms with Gasteiger partial charge in [0.05, 0.1) is 16.6 Å². The number of hydrogen-bond donors (Lipinski definition) is 0. The van der Waals surface area contributed by atoms with Crippen molar-refractivity contribution in [2.24, 2.45) is 4.99 Å². The lowest BCUT2D eigenvalue weighted by atomic mass is 10.0. The molecule has 3 aromatic carbocycles. The zero-order valence-corrected chi connectivity index (χ0v) is 15.1. The van der Waals surface area contributed by atoms with Gasteiger partial charge in [0.1, 0.15) is 5.82 Å². The number of carbonyl (C=O) groups is 1. The van der Waals surface area contributed by atoms with Gasteiger partial charge in [-0.25, -0.2) is 4.39 Å². The average molecular weight is 364 g/mol. The second kappa shape index (κ2) is 6.84. The fraction of sp³-hybridized carbons (Fsp3) is 0.143. The smallest absolute Gasteiger partial charge is 0.252 e. The summed E-state index contributed by atoms with van der Waals surface area (Å²) in [6.07, 6.45) is 0.244. The Balaban J connectivity index is 1.74. The third kappa shape index (κ3) is 3.06. The van der Waals surface area contributed by atoms with Crippen molar-refractivity contribution in [3.63, 3.8) is 0 Å². The van der Waals surface area contributed by atoms with Crippen molar-refractivity contribution in [2.45, 2.75) is 19.9 Å². The van der Waals surface area contributed by atoms with Crippen molar-refractivity contribution >= 4 is 38.2 Å². The number of benzene rings is 3. The highest BCUT2D eigenvalue weighted by molar-refractivity contribution is 7.16. The SMILES string of the molecule is CCn1c(=NC(=O)Cc2cccc3ccccc23)sc2cc(F)ccc21. The van der Waals surface area contributed by atoms with E-state index in [0.29, 0.717) is 11.3 Å². The molecule has 4 rings (SSSR count). The number of aryl methyl sites for hydroxylation is 1. The van der Waals surface area contributed by atoms with E-state index in [4.69, 9.17) is 0 Å². The number of aromatic nitrogens is 1. The summed E-state index contributed by atoms with van der Waals surface area (Å²) in [4.78, 5) is 17.5. The molecule has 0 saturated carbocycles. The monoisotopic (exact) mass is 364 g/mol. The fourth-order valence-corrected chi connectivity index (χ4v) is 4.33. The highest BCUT2D eigenvalue weighted by Gasteiger charge is 2.09. The zero-order valence-electron chi connectivity index (χ0n) is 14.3. The number of nitrogens with zero attached hydrogens (tertiary/aromatic N) is 2. The van der Waals surface area contributed by atoms with E-state index in [1.165, 1.54) is 23.5 Å². The lowest BCUT2D eigenvalue weighted by molar-refractivity contribution is -0.117. The van der Waals surface area contributed by atoms with Crippen LogP contribution in [0.3, 0.4) is 0 Å². The van der Waals surface area contributed by atoms with Crippen LogP contribution in [0.2, 0.25) is 0 Å². The number of thiazole rings is 1. The van der Waals surface area contributed by atoms with Crippen LogP contribution in [-0.2, 0) is 17.8 Å². The summed E-state index contributed by atoms with van der Waals surface area (Å²) in [5.41, 5.74) is 1.86. The van der Waals surface area contributed by atoms with E-state index >= 15 is 0 Å². The third-order valence-electron chi connectivity index (χ3n) is 4.40. The van der Waals surface area contributed by atoms with Crippen LogP contribution in [0.25, 0.3) is 21.0 Å². The van der Waals surface area contributed by atoms with Crippen LogP contribution in [-0.4, -0.2) is 10.5 Å². The Morgan fingerprint density at radius 2 is 1.92 bits per heavy atom. The number of carbonyl (C=O) groups excluding carboxylic acids is 1. The van der Waals surface area contributed by atoms with Crippen LogP contribution in [0.1, 0.15) is 12.5 Å². The molecule has 130 valence electrons. The van der Waals surface area contributed by atoms with E-state index < -0.39 is 0 Å². The minimum Gasteiger partial charge on any atom is -0.317 e. The summed E-state index contributed by atoms with van der Waals surface area (Å²) >= 11 is 1.34. The molecule has 0 aliphatic carbocycles. The standard InChI is InChI=1S/C21H17FN2OS/c1-2-24-18-11-10-16(22)13-19(18)26-21(24)23-20(25)12-15-8-5-7-14-6-3-4-9-17(14)15/h3-11,13H,2,12H2,1H3. The average Bonchev–Trinajstić information content (AvgIpc) is 2.97. The number of fused-ring (bicyclic) bond motifs is 2. The molecule has 0 unspecified atom stereocenters. The molecule has 0 aliphatic heterocycles. The topological polar surface area (TPSA) is 34.4 Å². The van der Waals surface area contributed by atoms with Gasteiger partial charge in [0.15, 0.2) is 4.80 Å². The van der Waals surface area contributed by atoms with Crippen LogP contribution in [0.15, 0.2) is 65.7 Å². The summed E-state index contributed by atoms with van der Waals surface area (Å²) in [6.45, 7) is 2.66. The normalized spacial score (nSPS) is 12.2. The number of halogens is 1. The summed E-state index contributed by atoms with van der Waals surface area (Å²) in [7, 11) is 0. The van der Waals surface area contributed by atoms with E-state index in [1.807, 2.05) is 54.0 Å². The van der Waals surface area contributed by atoms with Gasteiger partial charge in [0, 0.05) is 6.54 Å². The molecule has 0 aliphatic rings. The lowest BCUT2D eigenvalue weighted by Crippen LogP contribution is -2.16. The molecule has 3 nitrogen and oxygen atoms in total. The second-order valence-electron chi connectivity index (χ2n) is 6.06. The van der Waals surface area contributed by atoms with E-state index in [2.05, 4.69) is 4.99 Å². The maximum Gasteiger partial charge on any atom is 0.252 e. The highest BCUT2D eigenvalue weighted by atomic mass is 32.1. The van der Waals surface area contributed by atoms with Crippen molar-refractivity contribution in [2.75, 3.05) is 0 Å². The third-order valence-corrected chi connectivity index (χ3v) is 5.44. The summed E-state index contributed by atoms with van der Waals surface area (Å²) in [6, 6.07) is 18.6. The second-order valence-corrected chi connectivity index (χ2v) is 7.07. The maximum absolute atomic E-state index is 13.5. The lowest BCUT2D eigenvalue weighted by Gasteiger charge is -2.04. The summed E-state index contributed by atoms with van der Waals surface area (Å²) < 4.78 is 16.2. The summed E-state index contributed by atoms with van der Waals surface area (Å²) in [5.74, 6) is -0.480. The van der Waals surface area contributed by atoms with E-state index in [1.54, 1.807) is 6.07 Å². The Bertz CT molecular complexity index is 1180. The van der Waals surface area contributed by atoms with Crippen LogP contribution >= 0.6 is 11.3 Å². The van der Waals surface area contributed by atoms with Crippen LogP contribution in [0, 0.1) is 5.82 Å². The minimum absolute atomic E-state index is 0.199. The Hall–Kier alpha value is -2.79. The van der Waals surface area contributed by atoms with Gasteiger partial charge in [-0.3, -0.25) is 4.79 Å². The van der Waals surface area contributed by atoms with Gasteiger partial charge >= 0.3 is 0 Å². The molecule has 0 radical (unpaired) electrons.